The Morgan fingerprint density at radius 3 is 2.23 bits per heavy atom. The number of rotatable bonds is 3. The molecule has 5 N–H and O–H groups in total. The standard InChI is InChI=1S/C15H21N3O4/c1-9(2)18-5-3-11(4-6-18)16-17-15(22)10-7-12(19)14(21)13(20)8-10/h7-9,19-21H,3-6H2,1-2H3,(H,17,22)/p+1. The molecule has 22 heavy (non-hydrogen) atoms. The number of hydrazone groups is 1. The van der Waals surface area contributed by atoms with Crippen molar-refractivity contribution in [3.8, 4) is 17.2 Å². The molecule has 1 saturated heterocycles. The van der Waals surface area contributed by atoms with E-state index in [0.717, 1.165) is 43.8 Å². The maximum Gasteiger partial charge on any atom is 0.271 e. The van der Waals surface area contributed by atoms with Crippen LogP contribution in [0.25, 0.3) is 0 Å². The number of phenols is 3. The van der Waals surface area contributed by atoms with Gasteiger partial charge in [0.15, 0.2) is 17.2 Å². The van der Waals surface area contributed by atoms with Crippen LogP contribution >= 0.6 is 0 Å². The molecule has 1 aliphatic heterocycles. The van der Waals surface area contributed by atoms with E-state index in [0.29, 0.717) is 6.04 Å². The molecule has 1 aliphatic rings. The number of carbonyl (C=O) groups is 1. The zero-order valence-corrected chi connectivity index (χ0v) is 12.8. The molecule has 0 aliphatic carbocycles. The molecule has 1 fully saturated rings. The van der Waals surface area contributed by atoms with Gasteiger partial charge in [-0.25, -0.2) is 5.43 Å². The first-order valence-electron chi connectivity index (χ1n) is 7.33. The third-order valence-corrected chi connectivity index (χ3v) is 3.93. The van der Waals surface area contributed by atoms with E-state index in [4.69, 9.17) is 0 Å². The number of nitrogens with zero attached hydrogens (tertiary/aromatic N) is 1. The number of benzene rings is 1. The van der Waals surface area contributed by atoms with E-state index < -0.39 is 23.2 Å². The second kappa shape index (κ2) is 6.65. The van der Waals surface area contributed by atoms with Crippen molar-refractivity contribution >= 4 is 11.6 Å². The van der Waals surface area contributed by atoms with Crippen LogP contribution in [0.15, 0.2) is 17.2 Å². The van der Waals surface area contributed by atoms with Crippen LogP contribution in [0, 0.1) is 0 Å². The molecule has 0 spiro atoms. The molecule has 7 nitrogen and oxygen atoms in total. The third-order valence-electron chi connectivity index (χ3n) is 3.93. The van der Waals surface area contributed by atoms with Crippen LogP contribution < -0.4 is 10.3 Å². The van der Waals surface area contributed by atoms with E-state index in [1.807, 2.05) is 0 Å². The van der Waals surface area contributed by atoms with Crippen LogP contribution in [-0.2, 0) is 0 Å². The zero-order chi connectivity index (χ0) is 16.3. The predicted molar refractivity (Wildman–Crippen MR) is 81.4 cm³/mol. The van der Waals surface area contributed by atoms with E-state index in [-0.39, 0.29) is 5.56 Å². The molecule has 0 radical (unpaired) electrons. The van der Waals surface area contributed by atoms with Crippen molar-refractivity contribution in [1.29, 1.82) is 0 Å². The van der Waals surface area contributed by atoms with E-state index in [9.17, 15) is 20.1 Å². The van der Waals surface area contributed by atoms with Gasteiger partial charge in [0.05, 0.1) is 19.1 Å². The Kier molecular flexibility index (Phi) is 4.87. The first-order valence-corrected chi connectivity index (χ1v) is 7.33. The van der Waals surface area contributed by atoms with Crippen molar-refractivity contribution in [1.82, 2.24) is 5.43 Å². The van der Waals surface area contributed by atoms with Gasteiger partial charge in [-0.3, -0.25) is 4.79 Å². The summed E-state index contributed by atoms with van der Waals surface area (Å²) in [6.07, 6.45) is 1.67. The van der Waals surface area contributed by atoms with Gasteiger partial charge in [0, 0.05) is 24.1 Å². The number of carbonyl (C=O) groups excluding carboxylic acids is 1. The summed E-state index contributed by atoms with van der Waals surface area (Å²) in [6.45, 7) is 6.35. The molecule has 1 heterocycles. The molecular weight excluding hydrogens is 286 g/mol. The monoisotopic (exact) mass is 308 g/mol. The predicted octanol–water partition coefficient (Wildman–Crippen LogP) is -0.0237. The lowest BCUT2D eigenvalue weighted by Gasteiger charge is -2.27. The Morgan fingerprint density at radius 2 is 1.73 bits per heavy atom. The van der Waals surface area contributed by atoms with Gasteiger partial charge >= 0.3 is 0 Å². The zero-order valence-electron chi connectivity index (χ0n) is 12.8. The maximum absolute atomic E-state index is 11.9. The molecule has 7 heteroatoms. The summed E-state index contributed by atoms with van der Waals surface area (Å²) in [5.41, 5.74) is 3.39. The molecule has 2 rings (SSSR count). The van der Waals surface area contributed by atoms with Gasteiger partial charge in [0.2, 0.25) is 0 Å². The summed E-state index contributed by atoms with van der Waals surface area (Å²) < 4.78 is 0. The largest absolute Gasteiger partial charge is 0.504 e. The van der Waals surface area contributed by atoms with Gasteiger partial charge in [-0.05, 0) is 26.0 Å². The molecule has 0 saturated carbocycles. The SMILES string of the molecule is CC(C)[NH+]1CCC(=NNC(=O)c2cc(O)c(O)c(O)c2)CC1. The number of amides is 1. The van der Waals surface area contributed by atoms with Gasteiger partial charge in [0.1, 0.15) is 0 Å². The quantitative estimate of drug-likeness (QED) is 0.399. The van der Waals surface area contributed by atoms with Crippen LogP contribution in [0.5, 0.6) is 17.2 Å². The number of piperidine rings is 1. The highest BCUT2D eigenvalue weighted by Crippen LogP contribution is 2.35. The number of hydrogen-bond donors (Lipinski definition) is 5. The Labute approximate surface area is 128 Å². The summed E-state index contributed by atoms with van der Waals surface area (Å²) in [4.78, 5) is 13.5. The van der Waals surface area contributed by atoms with E-state index in [1.54, 1.807) is 0 Å². The lowest BCUT2D eigenvalue weighted by molar-refractivity contribution is -0.922. The number of nitrogens with one attached hydrogen (secondary N) is 2. The highest BCUT2D eigenvalue weighted by atomic mass is 16.3. The van der Waals surface area contributed by atoms with Crippen molar-refractivity contribution in [2.75, 3.05) is 13.1 Å². The summed E-state index contributed by atoms with van der Waals surface area (Å²) in [5.74, 6) is -2.29. The second-order valence-corrected chi connectivity index (χ2v) is 5.80. The van der Waals surface area contributed by atoms with Crippen LogP contribution in [-0.4, -0.2) is 46.1 Å². The van der Waals surface area contributed by atoms with E-state index >= 15 is 0 Å². The Balaban J connectivity index is 1.97. The van der Waals surface area contributed by atoms with Gasteiger partial charge in [-0.2, -0.15) is 5.10 Å². The van der Waals surface area contributed by atoms with Crippen molar-refractivity contribution in [2.45, 2.75) is 32.7 Å². The summed E-state index contributed by atoms with van der Waals surface area (Å²) in [7, 11) is 0. The van der Waals surface area contributed by atoms with Crippen LogP contribution in [0.4, 0.5) is 0 Å². The Hall–Kier alpha value is -2.28. The summed E-state index contributed by atoms with van der Waals surface area (Å²) in [6, 6.07) is 2.74. The summed E-state index contributed by atoms with van der Waals surface area (Å²) in [5, 5.41) is 32.2. The number of likely N-dealkylation sites (tertiary alicyclic amines) is 1. The Morgan fingerprint density at radius 1 is 1.18 bits per heavy atom. The molecule has 0 unspecified atom stereocenters. The molecule has 0 bridgehead atoms. The fourth-order valence-corrected chi connectivity index (χ4v) is 2.48. The minimum absolute atomic E-state index is 0.0300. The molecule has 1 amide bonds. The van der Waals surface area contributed by atoms with Crippen molar-refractivity contribution < 1.29 is 25.0 Å². The normalized spacial score (nSPS) is 18.3. The fraction of sp³-hybridized carbons (Fsp3) is 0.467. The molecule has 1 aromatic carbocycles. The minimum Gasteiger partial charge on any atom is -0.504 e. The average Bonchev–Trinajstić information content (AvgIpc) is 2.50. The van der Waals surface area contributed by atoms with E-state index in [2.05, 4.69) is 24.4 Å². The summed E-state index contributed by atoms with van der Waals surface area (Å²) >= 11 is 0. The highest BCUT2D eigenvalue weighted by molar-refractivity contribution is 5.96. The van der Waals surface area contributed by atoms with Gasteiger partial charge < -0.3 is 20.2 Å². The van der Waals surface area contributed by atoms with Crippen molar-refractivity contribution in [2.24, 2.45) is 5.10 Å². The highest BCUT2D eigenvalue weighted by Gasteiger charge is 2.21. The first-order chi connectivity index (χ1) is 10.4. The molecule has 1 aromatic rings. The second-order valence-electron chi connectivity index (χ2n) is 5.80. The first kappa shape index (κ1) is 16.1. The fourth-order valence-electron chi connectivity index (χ4n) is 2.48. The van der Waals surface area contributed by atoms with E-state index in [1.165, 1.54) is 4.90 Å². The lowest BCUT2D eigenvalue weighted by atomic mass is 10.1. The lowest BCUT2D eigenvalue weighted by Crippen LogP contribution is -3.16. The minimum atomic E-state index is -0.646. The average molecular weight is 308 g/mol. The van der Waals surface area contributed by atoms with Gasteiger partial charge in [0.25, 0.3) is 5.91 Å². The number of hydrogen-bond acceptors (Lipinski definition) is 5. The van der Waals surface area contributed by atoms with Crippen LogP contribution in [0.3, 0.4) is 0 Å². The molecule has 0 aromatic heterocycles. The molecule has 120 valence electrons. The number of phenolic OH excluding ortho intramolecular Hbond substituents is 3. The third kappa shape index (κ3) is 3.67. The van der Waals surface area contributed by atoms with Crippen molar-refractivity contribution in [3.05, 3.63) is 17.7 Å². The number of aromatic hydroxyl groups is 3. The smallest absolute Gasteiger partial charge is 0.271 e. The van der Waals surface area contributed by atoms with Gasteiger partial charge in [-0.15, -0.1) is 0 Å². The van der Waals surface area contributed by atoms with Crippen molar-refractivity contribution in [3.63, 3.8) is 0 Å². The van der Waals surface area contributed by atoms with Gasteiger partial charge in [-0.1, -0.05) is 0 Å². The maximum atomic E-state index is 11.9. The number of quaternary nitrogens is 1. The van der Waals surface area contributed by atoms with Crippen LogP contribution in [0.1, 0.15) is 37.0 Å². The molecular formula is C15H22N3O4+. The molecule has 0 atom stereocenters. The Bertz CT molecular complexity index is 565. The topological polar surface area (TPSA) is 107 Å². The van der Waals surface area contributed by atoms with Crippen LogP contribution in [0.2, 0.25) is 0 Å².